The SMILES string of the molecule is Cc1cccc([C@H](C)C(=O)C[NH3+])c1C. The number of quaternary nitrogens is 1. The molecule has 1 rings (SSSR count). The van der Waals surface area contributed by atoms with Crippen molar-refractivity contribution in [1.82, 2.24) is 0 Å². The van der Waals surface area contributed by atoms with Crippen LogP contribution in [0, 0.1) is 13.8 Å². The molecule has 76 valence electrons. The first-order chi connectivity index (χ1) is 6.57. The van der Waals surface area contributed by atoms with E-state index in [9.17, 15) is 4.79 Å². The summed E-state index contributed by atoms with van der Waals surface area (Å²) in [6.45, 7) is 6.46. The average Bonchev–Trinajstić information content (AvgIpc) is 2.20. The smallest absolute Gasteiger partial charge is 0.193 e. The molecule has 2 nitrogen and oxygen atoms in total. The fourth-order valence-corrected chi connectivity index (χ4v) is 1.63. The lowest BCUT2D eigenvalue weighted by molar-refractivity contribution is -0.354. The third-order valence-electron chi connectivity index (χ3n) is 2.84. The lowest BCUT2D eigenvalue weighted by Gasteiger charge is -2.13. The lowest BCUT2D eigenvalue weighted by Crippen LogP contribution is -2.55. The number of benzene rings is 1. The van der Waals surface area contributed by atoms with Crippen molar-refractivity contribution < 1.29 is 10.5 Å². The van der Waals surface area contributed by atoms with Gasteiger partial charge in [-0.15, -0.1) is 0 Å². The van der Waals surface area contributed by atoms with E-state index in [0.29, 0.717) is 6.54 Å². The Kier molecular flexibility index (Phi) is 3.42. The second-order valence-corrected chi connectivity index (χ2v) is 3.73. The molecule has 1 atom stereocenters. The minimum Gasteiger partial charge on any atom is -0.351 e. The molecule has 0 radical (unpaired) electrons. The first-order valence-corrected chi connectivity index (χ1v) is 4.96. The molecule has 2 heteroatoms. The zero-order valence-electron chi connectivity index (χ0n) is 9.13. The topological polar surface area (TPSA) is 44.7 Å². The van der Waals surface area contributed by atoms with E-state index in [4.69, 9.17) is 0 Å². The summed E-state index contributed by atoms with van der Waals surface area (Å²) in [6, 6.07) is 6.10. The highest BCUT2D eigenvalue weighted by Crippen LogP contribution is 2.22. The van der Waals surface area contributed by atoms with Gasteiger partial charge >= 0.3 is 0 Å². The highest BCUT2D eigenvalue weighted by molar-refractivity contribution is 5.86. The molecule has 0 fully saturated rings. The van der Waals surface area contributed by atoms with Crippen molar-refractivity contribution >= 4 is 5.78 Å². The molecule has 0 aromatic heterocycles. The fourth-order valence-electron chi connectivity index (χ4n) is 1.63. The Morgan fingerprint density at radius 1 is 1.43 bits per heavy atom. The Balaban J connectivity index is 3.07. The molecule has 1 aromatic carbocycles. The monoisotopic (exact) mass is 192 g/mol. The van der Waals surface area contributed by atoms with E-state index in [-0.39, 0.29) is 11.7 Å². The van der Waals surface area contributed by atoms with E-state index in [2.05, 4.69) is 25.6 Å². The van der Waals surface area contributed by atoms with E-state index >= 15 is 0 Å². The number of aryl methyl sites for hydroxylation is 1. The summed E-state index contributed by atoms with van der Waals surface area (Å²) in [5.41, 5.74) is 7.24. The van der Waals surface area contributed by atoms with Gasteiger partial charge in [0.05, 0.1) is 0 Å². The zero-order valence-corrected chi connectivity index (χ0v) is 9.13. The Labute approximate surface area is 85.1 Å². The maximum Gasteiger partial charge on any atom is 0.193 e. The van der Waals surface area contributed by atoms with Crippen molar-refractivity contribution in [2.45, 2.75) is 26.7 Å². The maximum atomic E-state index is 11.5. The van der Waals surface area contributed by atoms with Crippen molar-refractivity contribution in [2.24, 2.45) is 0 Å². The molecular formula is C12H18NO+. The molecule has 1 aromatic rings. The Hall–Kier alpha value is -1.15. The molecule has 0 spiro atoms. The first-order valence-electron chi connectivity index (χ1n) is 4.96. The van der Waals surface area contributed by atoms with E-state index in [1.54, 1.807) is 0 Å². The van der Waals surface area contributed by atoms with Crippen molar-refractivity contribution in [3.63, 3.8) is 0 Å². The van der Waals surface area contributed by atoms with Crippen LogP contribution >= 0.6 is 0 Å². The van der Waals surface area contributed by atoms with Gasteiger partial charge in [0.15, 0.2) is 5.78 Å². The summed E-state index contributed by atoms with van der Waals surface area (Å²) < 4.78 is 0. The summed E-state index contributed by atoms with van der Waals surface area (Å²) in [7, 11) is 0. The van der Waals surface area contributed by atoms with Crippen LogP contribution in [-0.4, -0.2) is 12.3 Å². The van der Waals surface area contributed by atoms with E-state index < -0.39 is 0 Å². The molecule has 0 saturated heterocycles. The molecule has 0 aliphatic heterocycles. The molecule has 0 aliphatic rings. The van der Waals surface area contributed by atoms with Crippen LogP contribution in [0.5, 0.6) is 0 Å². The minimum absolute atomic E-state index is 0.0209. The lowest BCUT2D eigenvalue weighted by atomic mass is 9.91. The van der Waals surface area contributed by atoms with Gasteiger partial charge < -0.3 is 5.73 Å². The van der Waals surface area contributed by atoms with Gasteiger partial charge in [-0.3, -0.25) is 4.79 Å². The Morgan fingerprint density at radius 2 is 2.07 bits per heavy atom. The quantitative estimate of drug-likeness (QED) is 0.769. The van der Waals surface area contributed by atoms with Crippen LogP contribution in [-0.2, 0) is 4.79 Å². The summed E-state index contributed by atoms with van der Waals surface area (Å²) in [5.74, 6) is 0.186. The summed E-state index contributed by atoms with van der Waals surface area (Å²) in [4.78, 5) is 11.5. The number of hydrogen-bond acceptors (Lipinski definition) is 1. The number of carbonyl (C=O) groups is 1. The van der Waals surface area contributed by atoms with Gasteiger partial charge in [-0.25, -0.2) is 0 Å². The number of ketones is 1. The van der Waals surface area contributed by atoms with Gasteiger partial charge in [-0.2, -0.15) is 0 Å². The molecule has 0 saturated carbocycles. The molecule has 0 unspecified atom stereocenters. The molecule has 0 heterocycles. The van der Waals surface area contributed by atoms with Gasteiger partial charge in [0, 0.05) is 5.92 Å². The van der Waals surface area contributed by atoms with Gasteiger partial charge in [0.2, 0.25) is 0 Å². The van der Waals surface area contributed by atoms with Crippen LogP contribution in [0.4, 0.5) is 0 Å². The van der Waals surface area contributed by atoms with E-state index in [1.165, 1.54) is 11.1 Å². The molecule has 3 N–H and O–H groups in total. The summed E-state index contributed by atoms with van der Waals surface area (Å²) in [6.07, 6.45) is 0. The predicted octanol–water partition coefficient (Wildman–Crippen LogP) is 1.22. The summed E-state index contributed by atoms with van der Waals surface area (Å²) in [5, 5.41) is 0. The normalized spacial score (nSPS) is 12.6. The predicted molar refractivity (Wildman–Crippen MR) is 57.1 cm³/mol. The molecule has 14 heavy (non-hydrogen) atoms. The largest absolute Gasteiger partial charge is 0.351 e. The number of hydrogen-bond donors (Lipinski definition) is 1. The van der Waals surface area contributed by atoms with Crippen molar-refractivity contribution in [1.29, 1.82) is 0 Å². The average molecular weight is 192 g/mol. The van der Waals surface area contributed by atoms with Crippen molar-refractivity contribution in [3.05, 3.63) is 34.9 Å². The van der Waals surface area contributed by atoms with Crippen LogP contribution in [0.2, 0.25) is 0 Å². The highest BCUT2D eigenvalue weighted by atomic mass is 16.1. The standard InChI is InChI=1S/C12H17NO/c1-8-5-4-6-11(9(8)2)10(3)12(14)7-13/h4-6,10H,7,13H2,1-3H3/p+1/t10-/m0/s1. The Morgan fingerprint density at radius 3 is 2.64 bits per heavy atom. The number of rotatable bonds is 3. The number of Topliss-reactive ketones (excluding diaryl/α,β-unsaturated/α-hetero) is 1. The van der Waals surface area contributed by atoms with E-state index in [0.717, 1.165) is 5.56 Å². The van der Waals surface area contributed by atoms with Crippen molar-refractivity contribution in [3.8, 4) is 0 Å². The van der Waals surface area contributed by atoms with Crippen LogP contribution < -0.4 is 5.73 Å². The van der Waals surface area contributed by atoms with Gasteiger partial charge in [0.25, 0.3) is 0 Å². The van der Waals surface area contributed by atoms with Gasteiger partial charge in [-0.1, -0.05) is 25.1 Å². The van der Waals surface area contributed by atoms with Crippen molar-refractivity contribution in [2.75, 3.05) is 6.54 Å². The van der Waals surface area contributed by atoms with Crippen LogP contribution in [0.1, 0.15) is 29.5 Å². The molecule has 0 bridgehead atoms. The van der Waals surface area contributed by atoms with Crippen LogP contribution in [0.25, 0.3) is 0 Å². The zero-order chi connectivity index (χ0) is 10.7. The third-order valence-corrected chi connectivity index (χ3v) is 2.84. The van der Waals surface area contributed by atoms with Crippen LogP contribution in [0.15, 0.2) is 18.2 Å². The van der Waals surface area contributed by atoms with Gasteiger partial charge in [0.1, 0.15) is 6.54 Å². The third kappa shape index (κ3) is 2.02. The highest BCUT2D eigenvalue weighted by Gasteiger charge is 2.17. The summed E-state index contributed by atoms with van der Waals surface area (Å²) >= 11 is 0. The second kappa shape index (κ2) is 4.38. The van der Waals surface area contributed by atoms with E-state index in [1.807, 2.05) is 19.1 Å². The fraction of sp³-hybridized carbons (Fsp3) is 0.417. The Bertz CT molecular complexity index is 344. The minimum atomic E-state index is -0.0209. The first kappa shape index (κ1) is 10.9. The number of carbonyl (C=O) groups excluding carboxylic acids is 1. The maximum absolute atomic E-state index is 11.5. The van der Waals surface area contributed by atoms with Crippen LogP contribution in [0.3, 0.4) is 0 Å². The second-order valence-electron chi connectivity index (χ2n) is 3.73. The molecular weight excluding hydrogens is 174 g/mol. The molecule has 0 aliphatic carbocycles. The molecule has 0 amide bonds. The van der Waals surface area contributed by atoms with Gasteiger partial charge in [-0.05, 0) is 30.5 Å².